The van der Waals surface area contributed by atoms with Crippen LogP contribution in [0.3, 0.4) is 0 Å². The van der Waals surface area contributed by atoms with Crippen molar-refractivity contribution in [3.63, 3.8) is 0 Å². The molecule has 2 heterocycles. The molecule has 1 aliphatic heterocycles. The van der Waals surface area contributed by atoms with Crippen LogP contribution in [0.15, 0.2) is 12.4 Å². The van der Waals surface area contributed by atoms with E-state index in [4.69, 9.17) is 0 Å². The molecule has 1 saturated heterocycles. The van der Waals surface area contributed by atoms with E-state index in [1.54, 1.807) is 0 Å². The highest BCUT2D eigenvalue weighted by Crippen LogP contribution is 2.37. The lowest BCUT2D eigenvalue weighted by molar-refractivity contribution is 0.579. The number of hydrogen-bond acceptors (Lipinski definition) is 4. The number of halogens is 1. The second-order valence-electron chi connectivity index (χ2n) is 3.98. The summed E-state index contributed by atoms with van der Waals surface area (Å²) >= 11 is 1.97. The van der Waals surface area contributed by atoms with E-state index in [1.165, 1.54) is 31.0 Å². The van der Waals surface area contributed by atoms with Crippen molar-refractivity contribution in [2.45, 2.75) is 24.5 Å². The Hall–Kier alpha value is -0.840. The third-order valence-corrected chi connectivity index (χ3v) is 4.12. The van der Waals surface area contributed by atoms with E-state index in [1.807, 2.05) is 11.8 Å². The Balaban J connectivity index is 1.92. The van der Waals surface area contributed by atoms with Crippen molar-refractivity contribution < 1.29 is 4.39 Å². The van der Waals surface area contributed by atoms with E-state index in [-0.39, 0.29) is 4.75 Å². The van der Waals surface area contributed by atoms with Crippen LogP contribution in [0.25, 0.3) is 0 Å². The summed E-state index contributed by atoms with van der Waals surface area (Å²) in [4.78, 5) is 7.37. The number of aromatic nitrogens is 2. The highest BCUT2D eigenvalue weighted by molar-refractivity contribution is 8.00. The molecule has 0 aromatic carbocycles. The van der Waals surface area contributed by atoms with Gasteiger partial charge in [0.25, 0.3) is 0 Å². The third kappa shape index (κ3) is 2.81. The first-order valence-electron chi connectivity index (χ1n) is 5.03. The molecule has 0 amide bonds. The molecule has 82 valence electrons. The molecule has 1 fully saturated rings. The van der Waals surface area contributed by atoms with E-state index in [0.717, 1.165) is 6.54 Å². The normalized spacial score (nSPS) is 25.5. The summed E-state index contributed by atoms with van der Waals surface area (Å²) < 4.78 is 13.0. The fourth-order valence-electron chi connectivity index (χ4n) is 1.68. The highest BCUT2D eigenvalue weighted by Gasteiger charge is 2.29. The number of nitrogens with one attached hydrogen (secondary N) is 1. The molecule has 3 nitrogen and oxygen atoms in total. The van der Waals surface area contributed by atoms with Crippen LogP contribution >= 0.6 is 11.8 Å². The lowest BCUT2D eigenvalue weighted by atomic mass is 10.1. The average Bonchev–Trinajstić information content (AvgIpc) is 2.63. The van der Waals surface area contributed by atoms with Crippen LogP contribution in [0.5, 0.6) is 0 Å². The van der Waals surface area contributed by atoms with Crippen LogP contribution < -0.4 is 5.32 Å². The minimum absolute atomic E-state index is 0.265. The Bertz CT molecular complexity index is 339. The summed E-state index contributed by atoms with van der Waals surface area (Å²) in [6.07, 6.45) is 3.71. The van der Waals surface area contributed by atoms with E-state index in [2.05, 4.69) is 22.2 Å². The van der Waals surface area contributed by atoms with Crippen LogP contribution in [-0.2, 0) is 0 Å². The number of hydrogen-bond donors (Lipinski definition) is 1. The molecule has 0 saturated carbocycles. The van der Waals surface area contributed by atoms with Crippen molar-refractivity contribution in [1.29, 1.82) is 0 Å². The van der Waals surface area contributed by atoms with Gasteiger partial charge in [-0.2, -0.15) is 16.2 Å². The Kier molecular flexibility index (Phi) is 3.09. The molecule has 1 aliphatic rings. The molecule has 1 aromatic heterocycles. The molecule has 5 heteroatoms. The van der Waals surface area contributed by atoms with Gasteiger partial charge in [-0.25, -0.2) is 9.97 Å². The van der Waals surface area contributed by atoms with Crippen molar-refractivity contribution in [1.82, 2.24) is 9.97 Å². The maximum absolute atomic E-state index is 12.8. The fraction of sp³-hybridized carbons (Fsp3) is 0.600. The van der Waals surface area contributed by atoms with Crippen molar-refractivity contribution >= 4 is 17.6 Å². The standard InChI is InChI=1S/C10H14FN3S/c1-10(3-2-4-15-10)6-12-9-5-8(11)13-7-14-9/h5,7H,2-4,6H2,1H3,(H,12,13,14). The average molecular weight is 227 g/mol. The molecule has 1 atom stereocenters. The van der Waals surface area contributed by atoms with Crippen LogP contribution in [0.1, 0.15) is 19.8 Å². The van der Waals surface area contributed by atoms with Gasteiger partial charge >= 0.3 is 0 Å². The number of nitrogens with zero attached hydrogens (tertiary/aromatic N) is 2. The van der Waals surface area contributed by atoms with Gasteiger partial charge in [0.1, 0.15) is 12.1 Å². The van der Waals surface area contributed by atoms with Gasteiger partial charge in [0.05, 0.1) is 0 Å². The number of thioether (sulfide) groups is 1. The van der Waals surface area contributed by atoms with Gasteiger partial charge in [-0.15, -0.1) is 0 Å². The summed E-state index contributed by atoms with van der Waals surface area (Å²) in [5.41, 5.74) is 0. The second kappa shape index (κ2) is 4.35. The Morgan fingerprint density at radius 3 is 3.13 bits per heavy atom. The van der Waals surface area contributed by atoms with E-state index in [0.29, 0.717) is 5.82 Å². The second-order valence-corrected chi connectivity index (χ2v) is 5.66. The van der Waals surface area contributed by atoms with Crippen molar-refractivity contribution in [3.8, 4) is 0 Å². The van der Waals surface area contributed by atoms with Crippen molar-refractivity contribution in [3.05, 3.63) is 18.3 Å². The predicted molar refractivity (Wildman–Crippen MR) is 60.6 cm³/mol. The van der Waals surface area contributed by atoms with Crippen molar-refractivity contribution in [2.24, 2.45) is 0 Å². The van der Waals surface area contributed by atoms with Gasteiger partial charge in [0, 0.05) is 17.4 Å². The van der Waals surface area contributed by atoms with Crippen LogP contribution in [0, 0.1) is 5.95 Å². The smallest absolute Gasteiger partial charge is 0.217 e. The zero-order valence-corrected chi connectivity index (χ0v) is 9.48. The molecule has 1 N–H and O–H groups in total. The minimum Gasteiger partial charge on any atom is -0.368 e. The fourth-order valence-corrected chi connectivity index (χ4v) is 2.93. The van der Waals surface area contributed by atoms with Crippen LogP contribution in [0.4, 0.5) is 10.2 Å². The molecular weight excluding hydrogens is 213 g/mol. The molecule has 0 aliphatic carbocycles. The van der Waals surface area contributed by atoms with Crippen LogP contribution in [0.2, 0.25) is 0 Å². The Morgan fingerprint density at radius 2 is 2.47 bits per heavy atom. The minimum atomic E-state index is -0.489. The van der Waals surface area contributed by atoms with Gasteiger partial charge in [-0.05, 0) is 25.5 Å². The number of anilines is 1. The summed E-state index contributed by atoms with van der Waals surface area (Å²) in [5, 5.41) is 3.16. The maximum atomic E-state index is 12.8. The van der Waals surface area contributed by atoms with Gasteiger partial charge < -0.3 is 5.32 Å². The summed E-state index contributed by atoms with van der Waals surface area (Å²) in [6.45, 7) is 3.06. The molecule has 2 rings (SSSR count). The lowest BCUT2D eigenvalue weighted by Crippen LogP contribution is -2.27. The molecule has 1 unspecified atom stereocenters. The monoisotopic (exact) mass is 227 g/mol. The zero-order chi connectivity index (χ0) is 10.7. The lowest BCUT2D eigenvalue weighted by Gasteiger charge is -2.22. The molecular formula is C10H14FN3S. The van der Waals surface area contributed by atoms with Gasteiger partial charge in [0.15, 0.2) is 0 Å². The quantitative estimate of drug-likeness (QED) is 0.804. The Morgan fingerprint density at radius 1 is 1.60 bits per heavy atom. The van der Waals surface area contributed by atoms with Gasteiger partial charge in [-0.3, -0.25) is 0 Å². The largest absolute Gasteiger partial charge is 0.368 e. The Labute approximate surface area is 92.9 Å². The predicted octanol–water partition coefficient (Wildman–Crippen LogP) is 2.31. The highest BCUT2D eigenvalue weighted by atomic mass is 32.2. The molecule has 1 aromatic rings. The van der Waals surface area contributed by atoms with Crippen LogP contribution in [-0.4, -0.2) is 27.0 Å². The molecule has 0 radical (unpaired) electrons. The topological polar surface area (TPSA) is 37.8 Å². The third-order valence-electron chi connectivity index (χ3n) is 2.58. The molecule has 15 heavy (non-hydrogen) atoms. The number of rotatable bonds is 3. The van der Waals surface area contributed by atoms with Gasteiger partial charge in [0.2, 0.25) is 5.95 Å². The first-order chi connectivity index (χ1) is 7.18. The summed E-state index contributed by atoms with van der Waals surface area (Å²) in [7, 11) is 0. The maximum Gasteiger partial charge on any atom is 0.217 e. The van der Waals surface area contributed by atoms with E-state index < -0.39 is 5.95 Å². The summed E-state index contributed by atoms with van der Waals surface area (Å²) in [6, 6.07) is 1.32. The van der Waals surface area contributed by atoms with Crippen molar-refractivity contribution in [2.75, 3.05) is 17.6 Å². The van der Waals surface area contributed by atoms with E-state index in [9.17, 15) is 4.39 Å². The molecule has 0 spiro atoms. The summed E-state index contributed by atoms with van der Waals surface area (Å²) in [5.74, 6) is 1.30. The molecule has 0 bridgehead atoms. The van der Waals surface area contributed by atoms with Gasteiger partial charge in [-0.1, -0.05) is 0 Å². The zero-order valence-electron chi connectivity index (χ0n) is 8.66. The van der Waals surface area contributed by atoms with E-state index >= 15 is 0 Å². The first-order valence-corrected chi connectivity index (χ1v) is 6.02. The SMILES string of the molecule is CC1(CNc2cc(F)ncn2)CCCS1. The first kappa shape index (κ1) is 10.7.